The Morgan fingerprint density at radius 2 is 1.71 bits per heavy atom. The van der Waals surface area contributed by atoms with E-state index in [2.05, 4.69) is 10.6 Å². The lowest BCUT2D eigenvalue weighted by molar-refractivity contribution is -0.126. The number of carbonyl (C=O) groups is 3. The highest BCUT2D eigenvalue weighted by molar-refractivity contribution is 6.00. The van der Waals surface area contributed by atoms with Gasteiger partial charge in [-0.15, -0.1) is 0 Å². The Hall–Kier alpha value is -4.13. The minimum Gasteiger partial charge on any atom is -0.484 e. The minimum atomic E-state index is -0.393. The van der Waals surface area contributed by atoms with E-state index in [-0.39, 0.29) is 30.7 Å². The predicted octanol–water partition coefficient (Wildman–Crippen LogP) is 3.99. The van der Waals surface area contributed by atoms with Gasteiger partial charge in [0, 0.05) is 30.9 Å². The van der Waals surface area contributed by atoms with Crippen molar-refractivity contribution in [2.75, 3.05) is 23.4 Å². The van der Waals surface area contributed by atoms with Crippen LogP contribution in [0.15, 0.2) is 72.8 Å². The van der Waals surface area contributed by atoms with Crippen LogP contribution in [0.2, 0.25) is 0 Å². The molecule has 3 aromatic carbocycles. The standard InChI is InChI=1S/C28H29N3O4/c1-19-7-6-10-25(20(19)2)30-26(32)18-35-24-13-11-23(12-14-24)31-17-22(15-27(31)33)28(34)29-16-21-8-4-3-5-9-21/h3-14,22H,15-18H2,1-2H3,(H,29,34)(H,30,32)/t22-/m1/s1. The molecule has 7 nitrogen and oxygen atoms in total. The molecular formula is C28H29N3O4. The maximum atomic E-state index is 12.6. The summed E-state index contributed by atoms with van der Waals surface area (Å²) in [6.07, 6.45) is 0.178. The van der Waals surface area contributed by atoms with E-state index in [1.54, 1.807) is 29.2 Å². The number of rotatable bonds is 8. The minimum absolute atomic E-state index is 0.0913. The van der Waals surface area contributed by atoms with Crippen LogP contribution in [-0.2, 0) is 20.9 Å². The number of nitrogens with one attached hydrogen (secondary N) is 2. The summed E-state index contributed by atoms with van der Waals surface area (Å²) in [5.74, 6) is -0.336. The first kappa shape index (κ1) is 24.0. The third-order valence-electron chi connectivity index (χ3n) is 6.20. The van der Waals surface area contributed by atoms with Crippen LogP contribution in [-0.4, -0.2) is 30.9 Å². The van der Waals surface area contributed by atoms with Crippen LogP contribution in [0.5, 0.6) is 5.75 Å². The molecule has 180 valence electrons. The summed E-state index contributed by atoms with van der Waals surface area (Å²) >= 11 is 0. The average molecular weight is 472 g/mol. The Labute approximate surface area is 205 Å². The molecule has 1 aliphatic heterocycles. The van der Waals surface area contributed by atoms with Gasteiger partial charge in [-0.25, -0.2) is 0 Å². The normalized spacial score (nSPS) is 15.1. The molecule has 1 heterocycles. The van der Waals surface area contributed by atoms with E-state index >= 15 is 0 Å². The zero-order chi connectivity index (χ0) is 24.8. The third-order valence-corrected chi connectivity index (χ3v) is 6.20. The molecule has 0 bridgehead atoms. The Morgan fingerprint density at radius 3 is 2.46 bits per heavy atom. The molecule has 1 fully saturated rings. The molecule has 0 aromatic heterocycles. The lowest BCUT2D eigenvalue weighted by Gasteiger charge is -2.17. The summed E-state index contributed by atoms with van der Waals surface area (Å²) in [5.41, 5.74) is 4.60. The Bertz CT molecular complexity index is 1210. The van der Waals surface area contributed by atoms with E-state index in [1.807, 2.05) is 62.4 Å². The Morgan fingerprint density at radius 1 is 0.971 bits per heavy atom. The summed E-state index contributed by atoms with van der Waals surface area (Å²) in [6, 6.07) is 22.4. The van der Waals surface area contributed by atoms with Crippen LogP contribution in [0.1, 0.15) is 23.1 Å². The van der Waals surface area contributed by atoms with Gasteiger partial charge in [0.2, 0.25) is 11.8 Å². The fraction of sp³-hybridized carbons (Fsp3) is 0.250. The van der Waals surface area contributed by atoms with E-state index in [4.69, 9.17) is 4.74 Å². The van der Waals surface area contributed by atoms with Crippen molar-refractivity contribution in [1.29, 1.82) is 0 Å². The number of hydrogen-bond donors (Lipinski definition) is 2. The predicted molar refractivity (Wildman–Crippen MR) is 135 cm³/mol. The topological polar surface area (TPSA) is 87.7 Å². The Balaban J connectivity index is 1.28. The van der Waals surface area contributed by atoms with Gasteiger partial charge in [0.15, 0.2) is 6.61 Å². The average Bonchev–Trinajstić information content (AvgIpc) is 3.26. The van der Waals surface area contributed by atoms with Crippen molar-refractivity contribution in [3.05, 3.63) is 89.5 Å². The zero-order valence-electron chi connectivity index (χ0n) is 19.9. The molecule has 0 aliphatic carbocycles. The van der Waals surface area contributed by atoms with Crippen molar-refractivity contribution in [1.82, 2.24) is 5.32 Å². The fourth-order valence-corrected chi connectivity index (χ4v) is 4.01. The highest BCUT2D eigenvalue weighted by Crippen LogP contribution is 2.27. The number of hydrogen-bond acceptors (Lipinski definition) is 4. The van der Waals surface area contributed by atoms with E-state index < -0.39 is 5.92 Å². The van der Waals surface area contributed by atoms with E-state index in [1.165, 1.54) is 0 Å². The molecular weight excluding hydrogens is 442 g/mol. The second-order valence-electron chi connectivity index (χ2n) is 8.69. The van der Waals surface area contributed by atoms with Gasteiger partial charge in [0.1, 0.15) is 5.75 Å². The van der Waals surface area contributed by atoms with E-state index in [0.29, 0.717) is 24.5 Å². The molecule has 0 spiro atoms. The first-order valence-corrected chi connectivity index (χ1v) is 11.6. The van der Waals surface area contributed by atoms with Crippen molar-refractivity contribution < 1.29 is 19.1 Å². The molecule has 4 rings (SSSR count). The van der Waals surface area contributed by atoms with Gasteiger partial charge in [-0.2, -0.15) is 0 Å². The van der Waals surface area contributed by atoms with Crippen molar-refractivity contribution in [2.24, 2.45) is 5.92 Å². The van der Waals surface area contributed by atoms with Crippen molar-refractivity contribution in [2.45, 2.75) is 26.8 Å². The van der Waals surface area contributed by atoms with Gasteiger partial charge >= 0.3 is 0 Å². The molecule has 3 aromatic rings. The first-order valence-electron chi connectivity index (χ1n) is 11.6. The van der Waals surface area contributed by atoms with Gasteiger partial charge in [-0.1, -0.05) is 42.5 Å². The molecule has 3 amide bonds. The SMILES string of the molecule is Cc1cccc(NC(=O)COc2ccc(N3C[C@H](C(=O)NCc4ccccc4)CC3=O)cc2)c1C. The van der Waals surface area contributed by atoms with Crippen LogP contribution in [0.25, 0.3) is 0 Å². The fourth-order valence-electron chi connectivity index (χ4n) is 4.01. The first-order chi connectivity index (χ1) is 16.9. The zero-order valence-corrected chi connectivity index (χ0v) is 19.9. The highest BCUT2D eigenvalue weighted by Gasteiger charge is 2.35. The van der Waals surface area contributed by atoms with Gasteiger partial charge in [0.05, 0.1) is 5.92 Å². The number of amides is 3. The number of ether oxygens (including phenoxy) is 1. The molecule has 7 heteroatoms. The maximum Gasteiger partial charge on any atom is 0.262 e. The molecule has 35 heavy (non-hydrogen) atoms. The highest BCUT2D eigenvalue weighted by atomic mass is 16.5. The smallest absolute Gasteiger partial charge is 0.262 e. The van der Waals surface area contributed by atoms with Crippen LogP contribution >= 0.6 is 0 Å². The quantitative estimate of drug-likeness (QED) is 0.520. The van der Waals surface area contributed by atoms with Crippen molar-refractivity contribution >= 4 is 29.1 Å². The second kappa shape index (κ2) is 10.9. The summed E-state index contributed by atoms with van der Waals surface area (Å²) in [4.78, 5) is 39.0. The van der Waals surface area contributed by atoms with Crippen LogP contribution in [0.4, 0.5) is 11.4 Å². The molecule has 0 radical (unpaired) electrons. The largest absolute Gasteiger partial charge is 0.484 e. The van der Waals surface area contributed by atoms with Gasteiger partial charge < -0.3 is 20.3 Å². The number of anilines is 2. The molecule has 1 aliphatic rings. The van der Waals surface area contributed by atoms with Gasteiger partial charge in [-0.05, 0) is 60.9 Å². The van der Waals surface area contributed by atoms with Crippen LogP contribution in [0, 0.1) is 19.8 Å². The molecule has 0 unspecified atom stereocenters. The molecule has 1 atom stereocenters. The van der Waals surface area contributed by atoms with Crippen molar-refractivity contribution in [3.63, 3.8) is 0 Å². The lowest BCUT2D eigenvalue weighted by atomic mass is 10.1. The summed E-state index contributed by atoms with van der Waals surface area (Å²) in [7, 11) is 0. The van der Waals surface area contributed by atoms with Crippen LogP contribution in [0.3, 0.4) is 0 Å². The van der Waals surface area contributed by atoms with E-state index in [9.17, 15) is 14.4 Å². The monoisotopic (exact) mass is 471 g/mol. The van der Waals surface area contributed by atoms with Gasteiger partial charge in [-0.3, -0.25) is 14.4 Å². The number of aryl methyl sites for hydroxylation is 1. The number of carbonyl (C=O) groups excluding carboxylic acids is 3. The summed E-state index contributed by atoms with van der Waals surface area (Å²) < 4.78 is 5.61. The van der Waals surface area contributed by atoms with Crippen molar-refractivity contribution in [3.8, 4) is 5.75 Å². The lowest BCUT2D eigenvalue weighted by Crippen LogP contribution is -2.32. The summed E-state index contributed by atoms with van der Waals surface area (Å²) in [5, 5.41) is 5.78. The summed E-state index contributed by atoms with van der Waals surface area (Å²) in [6.45, 7) is 4.60. The second-order valence-corrected chi connectivity index (χ2v) is 8.69. The maximum absolute atomic E-state index is 12.6. The molecule has 1 saturated heterocycles. The number of nitrogens with zero attached hydrogens (tertiary/aromatic N) is 1. The third kappa shape index (κ3) is 6.06. The van der Waals surface area contributed by atoms with Gasteiger partial charge in [0.25, 0.3) is 5.91 Å². The van der Waals surface area contributed by atoms with E-state index in [0.717, 1.165) is 22.4 Å². The van der Waals surface area contributed by atoms with Crippen LogP contribution < -0.4 is 20.3 Å². The molecule has 0 saturated carbocycles. The molecule has 2 N–H and O–H groups in total. The number of benzene rings is 3. The Kier molecular flexibility index (Phi) is 7.45.